The van der Waals surface area contributed by atoms with Crippen LogP contribution in [0, 0.1) is 41.4 Å². The van der Waals surface area contributed by atoms with Gasteiger partial charge >= 0.3 is 11.9 Å². The van der Waals surface area contributed by atoms with Crippen LogP contribution in [0.5, 0.6) is 0 Å². The molecule has 5 heterocycles. The van der Waals surface area contributed by atoms with E-state index >= 15 is 0 Å². The Morgan fingerprint density at radius 1 is 0.538 bits per heavy atom. The highest BCUT2D eigenvalue weighted by molar-refractivity contribution is 5.67. The molecular formula is C31H54N4O4. The lowest BCUT2D eigenvalue weighted by Crippen LogP contribution is -2.45. The molecular weight excluding hydrogens is 492 g/mol. The molecule has 8 bridgehead atoms. The van der Waals surface area contributed by atoms with E-state index < -0.39 is 11.9 Å². The zero-order valence-corrected chi connectivity index (χ0v) is 24.7. The Labute approximate surface area is 235 Å². The van der Waals surface area contributed by atoms with E-state index in [-0.39, 0.29) is 24.9 Å². The lowest BCUT2D eigenvalue weighted by molar-refractivity contribution is -0.138. The third kappa shape index (κ3) is 6.19. The highest BCUT2D eigenvalue weighted by atomic mass is 16.4. The van der Waals surface area contributed by atoms with Gasteiger partial charge in [-0.2, -0.15) is 0 Å². The van der Waals surface area contributed by atoms with Crippen LogP contribution in [-0.4, -0.2) is 70.5 Å². The fraction of sp³-hybridized carbons (Fsp3) is 0.935. The third-order valence-corrected chi connectivity index (χ3v) is 12.3. The molecule has 0 saturated carbocycles. The van der Waals surface area contributed by atoms with E-state index in [1.165, 1.54) is 12.8 Å². The molecule has 15 unspecified atom stereocenters. The summed E-state index contributed by atoms with van der Waals surface area (Å²) in [7, 11) is 0. The van der Waals surface area contributed by atoms with Gasteiger partial charge in [0.1, 0.15) is 0 Å². The summed E-state index contributed by atoms with van der Waals surface area (Å²) in [6, 6.07) is 3.30. The Hall–Kier alpha value is -1.22. The fourth-order valence-corrected chi connectivity index (χ4v) is 9.61. The first-order valence-electron chi connectivity index (χ1n) is 16.0. The van der Waals surface area contributed by atoms with E-state index in [1.54, 1.807) is 0 Å². The highest BCUT2D eigenvalue weighted by Crippen LogP contribution is 2.43. The summed E-state index contributed by atoms with van der Waals surface area (Å²) in [5.41, 5.74) is 0. The molecule has 39 heavy (non-hydrogen) atoms. The van der Waals surface area contributed by atoms with Gasteiger partial charge in [-0.05, 0) is 86.4 Å². The average molecular weight is 547 g/mol. The predicted molar refractivity (Wildman–Crippen MR) is 152 cm³/mol. The summed E-state index contributed by atoms with van der Waals surface area (Å²) in [5, 5.41) is 35.2. The highest BCUT2D eigenvalue weighted by Gasteiger charge is 2.49. The third-order valence-electron chi connectivity index (χ3n) is 12.3. The maximum atomic E-state index is 11.6. The van der Waals surface area contributed by atoms with Crippen molar-refractivity contribution in [2.24, 2.45) is 41.4 Å². The second-order valence-electron chi connectivity index (χ2n) is 14.4. The molecule has 5 fully saturated rings. The minimum absolute atomic E-state index is 0.212. The Balaban J connectivity index is 1.42. The maximum Gasteiger partial charge on any atom is 0.303 e. The summed E-state index contributed by atoms with van der Waals surface area (Å²) in [4.78, 5) is 23.1. The fourth-order valence-electron chi connectivity index (χ4n) is 9.61. The minimum atomic E-state index is -0.714. The Kier molecular flexibility index (Phi) is 8.97. The van der Waals surface area contributed by atoms with E-state index in [9.17, 15) is 19.8 Å². The Morgan fingerprint density at radius 2 is 0.949 bits per heavy atom. The average Bonchev–Trinajstić information content (AvgIpc) is 3.53. The van der Waals surface area contributed by atoms with E-state index in [4.69, 9.17) is 0 Å². The SMILES string of the molecule is CC1CC2CC3NC(CC4NC(CC5NC(CC1N2)C(C)C5CCC(=O)O)C(CCC(=O)O)C4C)C(C)C3C. The molecule has 0 amide bonds. The summed E-state index contributed by atoms with van der Waals surface area (Å²) >= 11 is 0. The van der Waals surface area contributed by atoms with E-state index in [1.807, 2.05) is 0 Å². The van der Waals surface area contributed by atoms with Crippen LogP contribution in [0.15, 0.2) is 0 Å². The largest absolute Gasteiger partial charge is 0.481 e. The van der Waals surface area contributed by atoms with Crippen molar-refractivity contribution in [3.05, 3.63) is 0 Å². The lowest BCUT2D eigenvalue weighted by atomic mass is 9.77. The van der Waals surface area contributed by atoms with Crippen molar-refractivity contribution < 1.29 is 19.8 Å². The van der Waals surface area contributed by atoms with Crippen molar-refractivity contribution in [2.75, 3.05) is 0 Å². The maximum absolute atomic E-state index is 11.6. The van der Waals surface area contributed by atoms with E-state index in [2.05, 4.69) is 55.9 Å². The number of rotatable bonds is 6. The zero-order chi connectivity index (χ0) is 28.0. The number of nitrogens with one attached hydrogen (secondary N) is 4. The molecule has 0 aliphatic carbocycles. The summed E-state index contributed by atoms with van der Waals surface area (Å²) in [6.07, 6.45) is 7.36. The molecule has 0 radical (unpaired) electrons. The minimum Gasteiger partial charge on any atom is -0.481 e. The van der Waals surface area contributed by atoms with Crippen molar-refractivity contribution in [1.29, 1.82) is 0 Å². The molecule has 8 heteroatoms. The molecule has 15 atom stereocenters. The van der Waals surface area contributed by atoms with Gasteiger partial charge in [-0.25, -0.2) is 0 Å². The summed E-state index contributed by atoms with van der Waals surface area (Å²) in [6.45, 7) is 11.9. The Morgan fingerprint density at radius 3 is 1.46 bits per heavy atom. The van der Waals surface area contributed by atoms with Crippen LogP contribution < -0.4 is 21.3 Å². The van der Waals surface area contributed by atoms with Gasteiger partial charge in [-0.3, -0.25) is 9.59 Å². The first-order chi connectivity index (χ1) is 18.5. The van der Waals surface area contributed by atoms with Gasteiger partial charge in [-0.15, -0.1) is 0 Å². The standard InChI is InChI=1S/C31H54N4O4/c1-15-10-20-11-24-16(2)17(3)25(33-24)13-27-19(5)22(7-9-31(38)39)29(35-27)14-28-21(6-8-30(36)37)18(4)26(34-28)12-23(15)32-20/h15-29,32-35H,6-14H2,1-5H3,(H,36,37)(H,38,39). The van der Waals surface area contributed by atoms with Crippen LogP contribution in [0.1, 0.15) is 92.4 Å². The number of carboxylic acids is 2. The summed E-state index contributed by atoms with van der Waals surface area (Å²) < 4.78 is 0. The van der Waals surface area contributed by atoms with E-state index in [0.717, 1.165) is 19.3 Å². The topological polar surface area (TPSA) is 123 Å². The monoisotopic (exact) mass is 546 g/mol. The van der Waals surface area contributed by atoms with Crippen molar-refractivity contribution in [1.82, 2.24) is 21.3 Å². The van der Waals surface area contributed by atoms with Crippen LogP contribution in [0.2, 0.25) is 0 Å². The normalized spacial score (nSPS) is 49.8. The van der Waals surface area contributed by atoms with Crippen LogP contribution in [-0.2, 0) is 9.59 Å². The first-order valence-corrected chi connectivity index (χ1v) is 16.0. The second kappa shape index (κ2) is 11.9. The molecule has 8 nitrogen and oxygen atoms in total. The van der Waals surface area contributed by atoms with Crippen molar-refractivity contribution in [2.45, 2.75) is 141 Å². The first kappa shape index (κ1) is 29.3. The van der Waals surface area contributed by atoms with Gasteiger partial charge in [0.2, 0.25) is 0 Å². The van der Waals surface area contributed by atoms with Gasteiger partial charge in [0.15, 0.2) is 0 Å². The molecule has 222 valence electrons. The molecule has 0 aromatic heterocycles. The molecule has 5 aliphatic rings. The molecule has 5 rings (SSSR count). The molecule has 0 aromatic rings. The molecule has 5 aliphatic heterocycles. The number of hydrogen-bond acceptors (Lipinski definition) is 6. The van der Waals surface area contributed by atoms with Crippen LogP contribution in [0.4, 0.5) is 0 Å². The Bertz CT molecular complexity index is 887. The number of aliphatic carboxylic acids is 2. The molecule has 0 spiro atoms. The number of carbonyl (C=O) groups is 2. The lowest BCUT2D eigenvalue weighted by Gasteiger charge is -2.28. The van der Waals surface area contributed by atoms with Gasteiger partial charge < -0.3 is 31.5 Å². The van der Waals surface area contributed by atoms with Gasteiger partial charge in [0.25, 0.3) is 0 Å². The number of carboxylic acid groups (broad SMARTS) is 2. The number of fused-ring (bicyclic) bond motifs is 8. The number of hydrogen-bond donors (Lipinski definition) is 6. The summed E-state index contributed by atoms with van der Waals surface area (Å²) in [5.74, 6) is 1.95. The van der Waals surface area contributed by atoms with Gasteiger partial charge in [0, 0.05) is 61.2 Å². The van der Waals surface area contributed by atoms with Crippen molar-refractivity contribution >= 4 is 11.9 Å². The van der Waals surface area contributed by atoms with Gasteiger partial charge in [0.05, 0.1) is 0 Å². The van der Waals surface area contributed by atoms with Crippen LogP contribution >= 0.6 is 0 Å². The molecule has 0 aromatic carbocycles. The zero-order valence-electron chi connectivity index (χ0n) is 24.7. The van der Waals surface area contributed by atoms with Crippen molar-refractivity contribution in [3.63, 3.8) is 0 Å². The van der Waals surface area contributed by atoms with Crippen LogP contribution in [0.3, 0.4) is 0 Å². The molecule has 6 N–H and O–H groups in total. The molecule has 5 saturated heterocycles. The van der Waals surface area contributed by atoms with Crippen molar-refractivity contribution in [3.8, 4) is 0 Å². The second-order valence-corrected chi connectivity index (χ2v) is 14.4. The smallest absolute Gasteiger partial charge is 0.303 e. The van der Waals surface area contributed by atoms with Crippen LogP contribution in [0.25, 0.3) is 0 Å². The predicted octanol–water partition coefficient (Wildman–Crippen LogP) is 3.45. The quantitative estimate of drug-likeness (QED) is 0.300. The van der Waals surface area contributed by atoms with Gasteiger partial charge in [-0.1, -0.05) is 34.6 Å². The van der Waals surface area contributed by atoms with E-state index in [0.29, 0.717) is 90.5 Å².